The van der Waals surface area contributed by atoms with Crippen LogP contribution >= 0.6 is 0 Å². The molecule has 1 aromatic carbocycles. The summed E-state index contributed by atoms with van der Waals surface area (Å²) in [6.07, 6.45) is 10.2. The lowest BCUT2D eigenvalue weighted by Gasteiger charge is -2.43. The first kappa shape index (κ1) is 15.0. The van der Waals surface area contributed by atoms with Gasteiger partial charge in [-0.15, -0.1) is 0 Å². The summed E-state index contributed by atoms with van der Waals surface area (Å²) < 4.78 is 6.15. The maximum Gasteiger partial charge on any atom is 0.104 e. The Balaban J connectivity index is 1.90. The second kappa shape index (κ2) is 5.24. The van der Waals surface area contributed by atoms with Crippen molar-refractivity contribution in [3.8, 4) is 0 Å². The zero-order chi connectivity index (χ0) is 16.1. The summed E-state index contributed by atoms with van der Waals surface area (Å²) in [7, 11) is 4.46. The fourth-order valence-electron chi connectivity index (χ4n) is 5.37. The summed E-state index contributed by atoms with van der Waals surface area (Å²) in [5, 5.41) is 0. The van der Waals surface area contributed by atoms with Crippen LogP contribution in [0.3, 0.4) is 0 Å². The molecule has 122 valence electrons. The summed E-state index contributed by atoms with van der Waals surface area (Å²) in [5.41, 5.74) is 2.97. The minimum Gasteiger partial charge on any atom is -0.498 e. The highest BCUT2D eigenvalue weighted by Crippen LogP contribution is 2.67. The summed E-state index contributed by atoms with van der Waals surface area (Å²) in [6, 6.07) is 10.9. The third-order valence-corrected chi connectivity index (χ3v) is 6.25. The zero-order valence-electron chi connectivity index (χ0n) is 14.5. The molecule has 0 aliphatic heterocycles. The number of allylic oxidation sites excluding steroid dienone is 1. The molecule has 23 heavy (non-hydrogen) atoms. The van der Waals surface area contributed by atoms with Gasteiger partial charge >= 0.3 is 0 Å². The predicted molar refractivity (Wildman–Crippen MR) is 94.9 cm³/mol. The van der Waals surface area contributed by atoms with Crippen LogP contribution in [0.25, 0.3) is 5.57 Å². The highest BCUT2D eigenvalue weighted by molar-refractivity contribution is 5.83. The van der Waals surface area contributed by atoms with Crippen molar-refractivity contribution in [3.05, 3.63) is 53.8 Å². The number of benzene rings is 1. The molecule has 3 aliphatic carbocycles. The molecule has 1 fully saturated rings. The van der Waals surface area contributed by atoms with E-state index in [-0.39, 0.29) is 11.0 Å². The van der Waals surface area contributed by atoms with E-state index >= 15 is 0 Å². The van der Waals surface area contributed by atoms with E-state index in [0.29, 0.717) is 5.92 Å². The standard InChI is InChI=1S/C21H27NO/c1-4-23-19-15-21(22(2)3)17(16-10-6-5-7-11-16)14-20(19)13-9-8-12-18(20)21/h5-7,10-11,14-15,18H,4,8-9,12-13H2,1-3H3/t18-,20-,21-/m0/s1. The van der Waals surface area contributed by atoms with Gasteiger partial charge in [-0.2, -0.15) is 0 Å². The fourth-order valence-corrected chi connectivity index (χ4v) is 5.37. The number of ether oxygens (including phenoxy) is 1. The molecule has 1 aromatic rings. The number of rotatable bonds is 4. The van der Waals surface area contributed by atoms with E-state index in [2.05, 4.69) is 68.4 Å². The van der Waals surface area contributed by atoms with E-state index in [9.17, 15) is 0 Å². The molecule has 0 N–H and O–H groups in total. The van der Waals surface area contributed by atoms with Crippen molar-refractivity contribution in [1.82, 2.24) is 4.90 Å². The van der Waals surface area contributed by atoms with Gasteiger partial charge in [-0.1, -0.05) is 49.2 Å². The lowest BCUT2D eigenvalue weighted by atomic mass is 9.67. The molecule has 4 rings (SSSR count). The first-order valence-corrected chi connectivity index (χ1v) is 8.97. The van der Waals surface area contributed by atoms with Gasteiger partial charge in [0.15, 0.2) is 0 Å². The normalized spacial score (nSPS) is 35.0. The Hall–Kier alpha value is -1.54. The van der Waals surface area contributed by atoms with Crippen molar-refractivity contribution in [1.29, 1.82) is 0 Å². The Labute approximate surface area is 139 Å². The maximum atomic E-state index is 6.15. The highest BCUT2D eigenvalue weighted by Gasteiger charge is 2.65. The van der Waals surface area contributed by atoms with Crippen molar-refractivity contribution < 1.29 is 4.74 Å². The second-order valence-electron chi connectivity index (χ2n) is 7.42. The lowest BCUT2D eigenvalue weighted by molar-refractivity contribution is 0.0759. The van der Waals surface area contributed by atoms with Gasteiger partial charge in [0.25, 0.3) is 0 Å². The van der Waals surface area contributed by atoms with E-state index in [4.69, 9.17) is 4.74 Å². The third kappa shape index (κ3) is 1.85. The van der Waals surface area contributed by atoms with Crippen molar-refractivity contribution in [2.24, 2.45) is 11.3 Å². The van der Waals surface area contributed by atoms with Gasteiger partial charge < -0.3 is 4.74 Å². The van der Waals surface area contributed by atoms with E-state index in [1.165, 1.54) is 42.6 Å². The van der Waals surface area contributed by atoms with E-state index < -0.39 is 0 Å². The topological polar surface area (TPSA) is 12.5 Å². The van der Waals surface area contributed by atoms with Gasteiger partial charge in [0.1, 0.15) is 5.76 Å². The zero-order valence-corrected chi connectivity index (χ0v) is 14.5. The van der Waals surface area contributed by atoms with Crippen molar-refractivity contribution in [2.75, 3.05) is 20.7 Å². The third-order valence-electron chi connectivity index (χ3n) is 6.25. The second-order valence-corrected chi connectivity index (χ2v) is 7.42. The van der Waals surface area contributed by atoms with E-state index in [1.54, 1.807) is 0 Å². The minimum atomic E-state index is -0.00766. The van der Waals surface area contributed by atoms with Crippen LogP contribution in [0.15, 0.2) is 48.2 Å². The quantitative estimate of drug-likeness (QED) is 0.812. The average Bonchev–Trinajstić information content (AvgIpc) is 3.03. The van der Waals surface area contributed by atoms with Gasteiger partial charge in [-0.05, 0) is 51.1 Å². The Morgan fingerprint density at radius 3 is 2.61 bits per heavy atom. The number of likely N-dealkylation sites (N-methyl/N-ethyl adjacent to an activating group) is 1. The van der Waals surface area contributed by atoms with Crippen molar-refractivity contribution in [3.63, 3.8) is 0 Å². The largest absolute Gasteiger partial charge is 0.498 e. The molecule has 0 saturated heterocycles. The predicted octanol–water partition coefficient (Wildman–Crippen LogP) is 4.49. The molecule has 2 heteroatoms. The highest BCUT2D eigenvalue weighted by atomic mass is 16.5. The number of hydrogen-bond acceptors (Lipinski definition) is 2. The summed E-state index contributed by atoms with van der Waals surface area (Å²) >= 11 is 0. The molecule has 0 amide bonds. The van der Waals surface area contributed by atoms with Crippen molar-refractivity contribution >= 4 is 5.57 Å². The van der Waals surface area contributed by atoms with Crippen LogP contribution in [0.4, 0.5) is 0 Å². The lowest BCUT2D eigenvalue weighted by Crippen LogP contribution is -2.48. The summed E-state index contributed by atoms with van der Waals surface area (Å²) in [6.45, 7) is 2.86. The Bertz CT molecular complexity index is 660. The van der Waals surface area contributed by atoms with E-state index in [1.807, 2.05) is 0 Å². The molecule has 0 aromatic heterocycles. The van der Waals surface area contributed by atoms with Crippen LogP contribution in [0, 0.1) is 11.3 Å². The van der Waals surface area contributed by atoms with Crippen molar-refractivity contribution in [2.45, 2.75) is 38.1 Å². The molecule has 3 aliphatic rings. The Morgan fingerprint density at radius 2 is 1.91 bits per heavy atom. The van der Waals surface area contributed by atoms with Gasteiger partial charge in [0, 0.05) is 5.92 Å². The molecule has 0 spiro atoms. The summed E-state index contributed by atoms with van der Waals surface area (Å²) in [5.74, 6) is 1.86. The molecule has 1 saturated carbocycles. The van der Waals surface area contributed by atoms with Crippen LogP contribution in [-0.2, 0) is 4.74 Å². The van der Waals surface area contributed by atoms with Crippen LogP contribution in [0.1, 0.15) is 38.2 Å². The fraction of sp³-hybridized carbons (Fsp3) is 0.524. The van der Waals surface area contributed by atoms with E-state index in [0.717, 1.165) is 6.61 Å². The van der Waals surface area contributed by atoms with Crippen LogP contribution < -0.4 is 0 Å². The SMILES string of the molecule is CCOC1=C[C@]2(N(C)C)C(c3ccccc3)=C[C@]13CCCC[C@@H]32. The molecule has 0 heterocycles. The maximum absolute atomic E-state index is 6.15. The Kier molecular flexibility index (Phi) is 3.42. The van der Waals surface area contributed by atoms with Crippen LogP contribution in [-0.4, -0.2) is 31.1 Å². The molecule has 3 atom stereocenters. The van der Waals surface area contributed by atoms with Crippen LogP contribution in [0.5, 0.6) is 0 Å². The molecule has 2 nitrogen and oxygen atoms in total. The smallest absolute Gasteiger partial charge is 0.104 e. The number of nitrogens with zero attached hydrogens (tertiary/aromatic N) is 1. The first-order valence-electron chi connectivity index (χ1n) is 8.97. The first-order chi connectivity index (χ1) is 11.1. The molecule has 2 bridgehead atoms. The monoisotopic (exact) mass is 309 g/mol. The molecular formula is C21H27NO. The average molecular weight is 309 g/mol. The van der Waals surface area contributed by atoms with Gasteiger partial charge in [0.2, 0.25) is 0 Å². The summed E-state index contributed by atoms with van der Waals surface area (Å²) in [4.78, 5) is 2.43. The molecular weight excluding hydrogens is 282 g/mol. The molecule has 0 unspecified atom stereocenters. The molecule has 0 radical (unpaired) electrons. The van der Waals surface area contributed by atoms with Gasteiger partial charge in [0.05, 0.1) is 17.6 Å². The Morgan fingerprint density at radius 1 is 1.13 bits per heavy atom. The number of hydrogen-bond donors (Lipinski definition) is 0. The van der Waals surface area contributed by atoms with Gasteiger partial charge in [-0.25, -0.2) is 0 Å². The van der Waals surface area contributed by atoms with Gasteiger partial charge in [-0.3, -0.25) is 4.90 Å². The minimum absolute atomic E-state index is 0.00766. The van der Waals surface area contributed by atoms with Crippen LogP contribution in [0.2, 0.25) is 0 Å².